The van der Waals surface area contributed by atoms with Gasteiger partial charge in [-0.3, -0.25) is 0 Å². The van der Waals surface area contributed by atoms with Crippen LogP contribution in [0, 0.1) is 11.7 Å². The lowest BCUT2D eigenvalue weighted by Gasteiger charge is -2.12. The fourth-order valence-electron chi connectivity index (χ4n) is 1.45. The first kappa shape index (κ1) is 10.9. The maximum absolute atomic E-state index is 13.4. The zero-order valence-electron chi connectivity index (χ0n) is 8.50. The largest absolute Gasteiger partial charge is 0.392 e. The van der Waals surface area contributed by atoms with E-state index in [1.165, 1.54) is 6.07 Å². The highest BCUT2D eigenvalue weighted by molar-refractivity contribution is 5.67. The molecule has 0 amide bonds. The molecule has 0 aliphatic carbocycles. The Bertz CT molecular complexity index is 329. The summed E-state index contributed by atoms with van der Waals surface area (Å²) in [7, 11) is 0. The van der Waals surface area contributed by atoms with Gasteiger partial charge in [-0.05, 0) is 17.6 Å². The van der Waals surface area contributed by atoms with E-state index in [0.717, 1.165) is 5.57 Å². The summed E-state index contributed by atoms with van der Waals surface area (Å²) >= 11 is 0. The van der Waals surface area contributed by atoms with Crippen LogP contribution in [0.4, 0.5) is 4.39 Å². The third-order valence-corrected chi connectivity index (χ3v) is 2.12. The highest BCUT2D eigenvalue weighted by atomic mass is 19.1. The molecule has 76 valence electrons. The lowest BCUT2D eigenvalue weighted by molar-refractivity contribution is 0.342. The summed E-state index contributed by atoms with van der Waals surface area (Å²) in [4.78, 5) is 0. The van der Waals surface area contributed by atoms with E-state index < -0.39 is 0 Å². The van der Waals surface area contributed by atoms with Crippen molar-refractivity contribution < 1.29 is 9.50 Å². The maximum atomic E-state index is 13.4. The van der Waals surface area contributed by atoms with Crippen LogP contribution in [0.1, 0.15) is 19.4 Å². The van der Waals surface area contributed by atoms with E-state index in [4.69, 9.17) is 5.11 Å². The van der Waals surface area contributed by atoms with Gasteiger partial charge in [0, 0.05) is 5.56 Å². The SMILES string of the molecule is CC(C)/C(=C/CO)c1ccccc1F. The van der Waals surface area contributed by atoms with Crippen molar-refractivity contribution >= 4 is 5.57 Å². The molecule has 0 radical (unpaired) electrons. The van der Waals surface area contributed by atoms with Gasteiger partial charge in [0.05, 0.1) is 6.61 Å². The molecule has 2 heteroatoms. The van der Waals surface area contributed by atoms with Crippen LogP contribution in [0.25, 0.3) is 5.57 Å². The smallest absolute Gasteiger partial charge is 0.130 e. The minimum absolute atomic E-state index is 0.0537. The molecule has 0 aromatic heterocycles. The zero-order chi connectivity index (χ0) is 10.6. The Balaban J connectivity index is 3.12. The number of hydrogen-bond donors (Lipinski definition) is 1. The van der Waals surface area contributed by atoms with Crippen molar-refractivity contribution in [3.05, 3.63) is 41.7 Å². The van der Waals surface area contributed by atoms with E-state index in [2.05, 4.69) is 0 Å². The van der Waals surface area contributed by atoms with Crippen molar-refractivity contribution in [1.29, 1.82) is 0 Å². The Labute approximate surface area is 83.9 Å². The molecule has 0 saturated heterocycles. The van der Waals surface area contributed by atoms with Gasteiger partial charge in [-0.25, -0.2) is 4.39 Å². The van der Waals surface area contributed by atoms with Crippen molar-refractivity contribution in [3.8, 4) is 0 Å². The van der Waals surface area contributed by atoms with Gasteiger partial charge in [0.1, 0.15) is 5.82 Å². The Morgan fingerprint density at radius 1 is 1.43 bits per heavy atom. The first-order valence-electron chi connectivity index (χ1n) is 4.72. The molecule has 1 nitrogen and oxygen atoms in total. The Morgan fingerprint density at radius 2 is 2.07 bits per heavy atom. The lowest BCUT2D eigenvalue weighted by Crippen LogP contribution is -1.98. The van der Waals surface area contributed by atoms with Crippen LogP contribution in [0.5, 0.6) is 0 Å². The Kier molecular flexibility index (Phi) is 3.84. The molecule has 0 unspecified atom stereocenters. The van der Waals surface area contributed by atoms with Gasteiger partial charge in [-0.15, -0.1) is 0 Å². The molecule has 1 rings (SSSR count). The van der Waals surface area contributed by atoms with Crippen LogP contribution in [0.15, 0.2) is 30.3 Å². The number of halogens is 1. The molecule has 1 aromatic carbocycles. The Morgan fingerprint density at radius 3 is 2.57 bits per heavy atom. The van der Waals surface area contributed by atoms with Gasteiger partial charge in [0.25, 0.3) is 0 Å². The first-order valence-corrected chi connectivity index (χ1v) is 4.72. The van der Waals surface area contributed by atoms with E-state index in [1.807, 2.05) is 13.8 Å². The predicted octanol–water partition coefficient (Wildman–Crippen LogP) is 2.86. The highest BCUT2D eigenvalue weighted by Crippen LogP contribution is 2.24. The van der Waals surface area contributed by atoms with Crippen molar-refractivity contribution in [2.75, 3.05) is 6.61 Å². The number of rotatable bonds is 3. The highest BCUT2D eigenvalue weighted by Gasteiger charge is 2.09. The molecule has 0 spiro atoms. The normalized spacial score (nSPS) is 12.2. The third-order valence-electron chi connectivity index (χ3n) is 2.12. The van der Waals surface area contributed by atoms with Crippen molar-refractivity contribution in [2.45, 2.75) is 13.8 Å². The minimum atomic E-state index is -0.235. The molecular formula is C12H15FO. The average Bonchev–Trinajstić information content (AvgIpc) is 2.15. The van der Waals surface area contributed by atoms with E-state index in [1.54, 1.807) is 24.3 Å². The van der Waals surface area contributed by atoms with Crippen LogP contribution < -0.4 is 0 Å². The van der Waals surface area contributed by atoms with E-state index in [9.17, 15) is 4.39 Å². The van der Waals surface area contributed by atoms with Gasteiger partial charge in [-0.2, -0.15) is 0 Å². The second-order valence-electron chi connectivity index (χ2n) is 3.48. The summed E-state index contributed by atoms with van der Waals surface area (Å²) in [6, 6.07) is 6.63. The summed E-state index contributed by atoms with van der Waals surface area (Å²) in [5.41, 5.74) is 1.43. The molecule has 14 heavy (non-hydrogen) atoms. The molecule has 0 aliphatic rings. The number of benzene rings is 1. The minimum Gasteiger partial charge on any atom is -0.392 e. The Hall–Kier alpha value is -1.15. The number of allylic oxidation sites excluding steroid dienone is 1. The molecule has 0 atom stereocenters. The molecule has 1 N–H and O–H groups in total. The van der Waals surface area contributed by atoms with Gasteiger partial charge in [-0.1, -0.05) is 38.1 Å². The standard InChI is InChI=1S/C12H15FO/c1-9(2)10(7-8-14)11-5-3-4-6-12(11)13/h3-7,9,14H,8H2,1-2H3/b10-7-. The molecule has 0 aliphatic heterocycles. The van der Waals surface area contributed by atoms with Crippen LogP contribution in [0.2, 0.25) is 0 Å². The van der Waals surface area contributed by atoms with Gasteiger partial charge in [0.2, 0.25) is 0 Å². The predicted molar refractivity (Wildman–Crippen MR) is 56.3 cm³/mol. The van der Waals surface area contributed by atoms with Gasteiger partial charge < -0.3 is 5.11 Å². The van der Waals surface area contributed by atoms with Crippen LogP contribution in [-0.4, -0.2) is 11.7 Å². The molecule has 0 saturated carbocycles. The fourth-order valence-corrected chi connectivity index (χ4v) is 1.45. The third kappa shape index (κ3) is 2.42. The van der Waals surface area contributed by atoms with Crippen molar-refractivity contribution in [2.24, 2.45) is 5.92 Å². The van der Waals surface area contributed by atoms with Crippen molar-refractivity contribution in [1.82, 2.24) is 0 Å². The quantitative estimate of drug-likeness (QED) is 0.784. The number of aliphatic hydroxyl groups excluding tert-OH is 1. The van der Waals surface area contributed by atoms with Crippen LogP contribution >= 0.6 is 0 Å². The van der Waals surface area contributed by atoms with E-state index >= 15 is 0 Å². The van der Waals surface area contributed by atoms with Gasteiger partial charge in [0.15, 0.2) is 0 Å². The summed E-state index contributed by atoms with van der Waals surface area (Å²) in [5, 5.41) is 8.84. The second kappa shape index (κ2) is 4.91. The molecule has 0 bridgehead atoms. The molecule has 0 heterocycles. The van der Waals surface area contributed by atoms with E-state index in [-0.39, 0.29) is 18.3 Å². The van der Waals surface area contributed by atoms with Crippen molar-refractivity contribution in [3.63, 3.8) is 0 Å². The van der Waals surface area contributed by atoms with Crippen LogP contribution in [0.3, 0.4) is 0 Å². The topological polar surface area (TPSA) is 20.2 Å². The van der Waals surface area contributed by atoms with E-state index in [0.29, 0.717) is 5.56 Å². The molecule has 1 aromatic rings. The summed E-state index contributed by atoms with van der Waals surface area (Å²) in [5.74, 6) is -0.0278. The summed E-state index contributed by atoms with van der Waals surface area (Å²) < 4.78 is 13.4. The molecule has 0 fully saturated rings. The lowest BCUT2D eigenvalue weighted by atomic mass is 9.95. The average molecular weight is 194 g/mol. The second-order valence-corrected chi connectivity index (χ2v) is 3.48. The number of aliphatic hydroxyl groups is 1. The van der Waals surface area contributed by atoms with Gasteiger partial charge >= 0.3 is 0 Å². The zero-order valence-corrected chi connectivity index (χ0v) is 8.50. The number of hydrogen-bond acceptors (Lipinski definition) is 1. The fraction of sp³-hybridized carbons (Fsp3) is 0.333. The summed E-state index contributed by atoms with van der Waals surface area (Å²) in [6.45, 7) is 3.91. The summed E-state index contributed by atoms with van der Waals surface area (Å²) in [6.07, 6.45) is 1.66. The monoisotopic (exact) mass is 194 g/mol. The molecular weight excluding hydrogens is 179 g/mol. The maximum Gasteiger partial charge on any atom is 0.130 e. The first-order chi connectivity index (χ1) is 6.66. The van der Waals surface area contributed by atoms with Crippen LogP contribution in [-0.2, 0) is 0 Å².